The van der Waals surface area contributed by atoms with Crippen molar-refractivity contribution in [3.8, 4) is 0 Å². The van der Waals surface area contributed by atoms with Crippen LogP contribution in [0, 0.1) is 0 Å². The predicted molar refractivity (Wildman–Crippen MR) is 61.1 cm³/mol. The Balaban J connectivity index is 3.16. The molecule has 0 rings (SSSR count). The molecule has 0 spiro atoms. The number of hydrogen-bond acceptors (Lipinski definition) is 2. The van der Waals surface area contributed by atoms with Gasteiger partial charge in [-0.1, -0.05) is 19.2 Å². The zero-order valence-electron chi connectivity index (χ0n) is 8.86. The first-order chi connectivity index (χ1) is 6.18. The van der Waals surface area contributed by atoms with Gasteiger partial charge in [-0.15, -0.1) is 0 Å². The maximum absolute atomic E-state index is 11.1. The van der Waals surface area contributed by atoms with Crippen molar-refractivity contribution >= 4 is 15.3 Å². The molecule has 3 heteroatoms. The predicted octanol–water partition coefficient (Wildman–Crippen LogP) is 1.14. The fourth-order valence-electron chi connectivity index (χ4n) is 1.04. The molecule has 1 N–H and O–H groups in total. The first kappa shape index (κ1) is 12.6. The first-order valence-electron chi connectivity index (χ1n) is 5.08. The van der Waals surface area contributed by atoms with E-state index in [4.69, 9.17) is 0 Å². The van der Waals surface area contributed by atoms with Crippen molar-refractivity contribution in [3.63, 3.8) is 0 Å². The van der Waals surface area contributed by atoms with E-state index in [1.54, 1.807) is 6.92 Å². The van der Waals surface area contributed by atoms with Crippen molar-refractivity contribution in [1.29, 1.82) is 0 Å². The Hall–Kier alpha value is -0.413. The van der Waals surface area contributed by atoms with Crippen molar-refractivity contribution in [2.24, 2.45) is 0 Å². The molecule has 0 radical (unpaired) electrons. The van der Waals surface area contributed by atoms with Gasteiger partial charge in [-0.3, -0.25) is 4.79 Å². The summed E-state index contributed by atoms with van der Waals surface area (Å²) in [6, 6.07) is 1.40. The summed E-state index contributed by atoms with van der Waals surface area (Å²) in [5.41, 5.74) is 0.669. The van der Waals surface area contributed by atoms with Crippen LogP contribution in [-0.2, 0) is 4.79 Å². The zero-order valence-corrected chi connectivity index (χ0v) is 10.3. The van der Waals surface area contributed by atoms with Crippen LogP contribution in [0.3, 0.4) is 0 Å². The lowest BCUT2D eigenvalue weighted by molar-refractivity contribution is -0.115. The molecular formula is C10H21NOSi. The number of carbonyl (C=O) groups excluding carboxylic acids is 1. The Morgan fingerprint density at radius 3 is 2.69 bits per heavy atom. The molecule has 0 aromatic heterocycles. The summed E-state index contributed by atoms with van der Waals surface area (Å²) in [6.07, 6.45) is 1.86. The number of hydrogen-bond donors (Lipinski definition) is 1. The van der Waals surface area contributed by atoms with Gasteiger partial charge in [0.1, 0.15) is 0 Å². The highest BCUT2D eigenvalue weighted by molar-refractivity contribution is 6.33. The molecule has 0 heterocycles. The quantitative estimate of drug-likeness (QED) is 0.361. The summed E-state index contributed by atoms with van der Waals surface area (Å²) in [5.74, 6) is 0.178. The van der Waals surface area contributed by atoms with Crippen LogP contribution < -0.4 is 5.32 Å². The standard InChI is InChI=1S/C10H21NOSi/c1-9(2)10(12)5-7-11-6-4-8-13-3/h11H,1,4-8,13H2,2-3H3. The summed E-state index contributed by atoms with van der Waals surface area (Å²) in [6.45, 7) is 9.57. The lowest BCUT2D eigenvalue weighted by Gasteiger charge is -2.02. The second-order valence-corrected chi connectivity index (χ2v) is 5.12. The van der Waals surface area contributed by atoms with Crippen LogP contribution >= 0.6 is 0 Å². The van der Waals surface area contributed by atoms with Gasteiger partial charge in [0, 0.05) is 22.5 Å². The van der Waals surface area contributed by atoms with Crippen LogP contribution in [0.4, 0.5) is 0 Å². The third kappa shape index (κ3) is 7.93. The zero-order chi connectivity index (χ0) is 10.1. The minimum Gasteiger partial charge on any atom is -0.316 e. The molecule has 0 aliphatic carbocycles. The lowest BCUT2D eigenvalue weighted by Crippen LogP contribution is -2.19. The second kappa shape index (κ2) is 8.20. The fraction of sp³-hybridized carbons (Fsp3) is 0.700. The van der Waals surface area contributed by atoms with Gasteiger partial charge in [0.15, 0.2) is 5.78 Å². The fourth-order valence-corrected chi connectivity index (χ4v) is 1.79. The van der Waals surface area contributed by atoms with E-state index in [-0.39, 0.29) is 15.3 Å². The number of nitrogens with one attached hydrogen (secondary N) is 1. The summed E-state index contributed by atoms with van der Waals surface area (Å²) >= 11 is 0. The molecule has 13 heavy (non-hydrogen) atoms. The first-order valence-corrected chi connectivity index (χ1v) is 7.49. The molecule has 0 unspecified atom stereocenters. The number of rotatable bonds is 8. The Kier molecular flexibility index (Phi) is 7.94. The van der Waals surface area contributed by atoms with E-state index in [1.165, 1.54) is 12.5 Å². The smallest absolute Gasteiger partial charge is 0.159 e. The Morgan fingerprint density at radius 2 is 2.15 bits per heavy atom. The molecule has 0 aromatic rings. The van der Waals surface area contributed by atoms with Crippen molar-refractivity contribution in [1.82, 2.24) is 5.32 Å². The van der Waals surface area contributed by atoms with Gasteiger partial charge < -0.3 is 5.32 Å². The third-order valence-corrected chi connectivity index (χ3v) is 3.17. The van der Waals surface area contributed by atoms with Crippen LogP contribution in [0.15, 0.2) is 12.2 Å². The molecule has 76 valence electrons. The topological polar surface area (TPSA) is 29.1 Å². The molecule has 2 nitrogen and oxygen atoms in total. The van der Waals surface area contributed by atoms with Gasteiger partial charge in [0.25, 0.3) is 0 Å². The number of Topliss-reactive ketones (excluding diaryl/α,β-unsaturated/α-hetero) is 1. The van der Waals surface area contributed by atoms with Crippen LogP contribution in [0.25, 0.3) is 0 Å². The van der Waals surface area contributed by atoms with Crippen LogP contribution in [0.2, 0.25) is 12.6 Å². The van der Waals surface area contributed by atoms with E-state index in [9.17, 15) is 4.79 Å². The van der Waals surface area contributed by atoms with Gasteiger partial charge in [-0.25, -0.2) is 0 Å². The molecule has 0 saturated carbocycles. The van der Waals surface area contributed by atoms with Gasteiger partial charge in [0.2, 0.25) is 0 Å². The average molecular weight is 199 g/mol. The van der Waals surface area contributed by atoms with Crippen molar-refractivity contribution in [2.45, 2.75) is 32.4 Å². The normalized spacial score (nSPS) is 10.9. The molecule has 0 aliphatic rings. The van der Waals surface area contributed by atoms with Crippen LogP contribution in [0.1, 0.15) is 19.8 Å². The molecule has 0 aliphatic heterocycles. The van der Waals surface area contributed by atoms with Crippen molar-refractivity contribution in [3.05, 3.63) is 12.2 Å². The largest absolute Gasteiger partial charge is 0.316 e. The summed E-state index contributed by atoms with van der Waals surface area (Å²) in [7, 11) is 0.230. The number of carbonyl (C=O) groups is 1. The monoisotopic (exact) mass is 199 g/mol. The van der Waals surface area contributed by atoms with E-state index >= 15 is 0 Å². The second-order valence-electron chi connectivity index (χ2n) is 3.41. The van der Waals surface area contributed by atoms with Gasteiger partial charge in [0.05, 0.1) is 0 Å². The molecule has 0 fully saturated rings. The summed E-state index contributed by atoms with van der Waals surface area (Å²) in [4.78, 5) is 11.1. The van der Waals surface area contributed by atoms with E-state index in [0.29, 0.717) is 12.0 Å². The molecular weight excluding hydrogens is 178 g/mol. The van der Waals surface area contributed by atoms with Crippen molar-refractivity contribution < 1.29 is 4.79 Å². The number of ketones is 1. The maximum Gasteiger partial charge on any atom is 0.159 e. The molecule has 0 atom stereocenters. The molecule has 0 saturated heterocycles. The van der Waals surface area contributed by atoms with Crippen molar-refractivity contribution in [2.75, 3.05) is 13.1 Å². The van der Waals surface area contributed by atoms with Crippen LogP contribution in [-0.4, -0.2) is 28.4 Å². The highest BCUT2D eigenvalue weighted by atomic mass is 28.2. The van der Waals surface area contributed by atoms with Gasteiger partial charge in [-0.05, 0) is 25.5 Å². The van der Waals surface area contributed by atoms with E-state index < -0.39 is 0 Å². The average Bonchev–Trinajstić information content (AvgIpc) is 2.10. The van der Waals surface area contributed by atoms with Gasteiger partial charge in [-0.2, -0.15) is 0 Å². The van der Waals surface area contributed by atoms with E-state index in [2.05, 4.69) is 18.4 Å². The lowest BCUT2D eigenvalue weighted by atomic mass is 10.2. The maximum atomic E-state index is 11.1. The number of allylic oxidation sites excluding steroid dienone is 1. The Morgan fingerprint density at radius 1 is 1.46 bits per heavy atom. The molecule has 0 aromatic carbocycles. The SMILES string of the molecule is C=C(C)C(=O)CCNCCC[SiH2]C. The van der Waals surface area contributed by atoms with E-state index in [1.807, 2.05) is 0 Å². The molecule has 0 bridgehead atoms. The highest BCUT2D eigenvalue weighted by Gasteiger charge is 2.00. The minimum absolute atomic E-state index is 0.178. The third-order valence-electron chi connectivity index (χ3n) is 1.96. The summed E-state index contributed by atoms with van der Waals surface area (Å²) in [5, 5.41) is 3.27. The minimum atomic E-state index is 0.178. The highest BCUT2D eigenvalue weighted by Crippen LogP contribution is 1.93. The van der Waals surface area contributed by atoms with Crippen LogP contribution in [0.5, 0.6) is 0 Å². The van der Waals surface area contributed by atoms with E-state index in [0.717, 1.165) is 13.1 Å². The summed E-state index contributed by atoms with van der Waals surface area (Å²) < 4.78 is 0. The Bertz CT molecular complexity index is 168. The molecule has 0 amide bonds. The Labute approximate surface area is 83.6 Å². The van der Waals surface area contributed by atoms with Gasteiger partial charge >= 0.3 is 0 Å².